The number of hydrogen-bond donors (Lipinski definition) is 3. The van der Waals surface area contributed by atoms with Gasteiger partial charge in [0.25, 0.3) is 0 Å². The van der Waals surface area contributed by atoms with E-state index in [0.717, 1.165) is 35.1 Å². The molecule has 1 saturated carbocycles. The molecule has 7 nitrogen and oxygen atoms in total. The van der Waals surface area contributed by atoms with E-state index >= 15 is 0 Å². The van der Waals surface area contributed by atoms with Gasteiger partial charge in [-0.1, -0.05) is 68.3 Å². The molecule has 0 radical (unpaired) electrons. The van der Waals surface area contributed by atoms with Crippen LogP contribution in [0.3, 0.4) is 0 Å². The van der Waals surface area contributed by atoms with Crippen molar-refractivity contribution in [3.8, 4) is 11.1 Å². The molecule has 0 aliphatic heterocycles. The first-order valence-electron chi connectivity index (χ1n) is 12.4. The standard InChI is InChI=1S/C28H34N2O5/c1-17(25(31)30-24-14-8-9-15-28(24,3)26(32)33)18(2)29-27(34)35-16-23-21-12-6-4-10-19(21)20-11-5-7-13-22(20)23/h4-7,10-13,17-18,23-24H,8-9,14-16H2,1-3H3,(H,29,34)(H,30,31)(H,32,33). The Morgan fingerprint density at radius 1 is 1.03 bits per heavy atom. The number of alkyl carbamates (subject to hydrolysis) is 1. The zero-order chi connectivity index (χ0) is 25.2. The van der Waals surface area contributed by atoms with E-state index in [1.54, 1.807) is 20.8 Å². The van der Waals surface area contributed by atoms with Crippen LogP contribution in [0.5, 0.6) is 0 Å². The molecule has 0 spiro atoms. The van der Waals surface area contributed by atoms with E-state index in [9.17, 15) is 19.5 Å². The number of nitrogens with one attached hydrogen (secondary N) is 2. The zero-order valence-electron chi connectivity index (χ0n) is 20.5. The van der Waals surface area contributed by atoms with Gasteiger partial charge in [0.1, 0.15) is 6.61 Å². The molecule has 1 fully saturated rings. The highest BCUT2D eigenvalue weighted by Crippen LogP contribution is 2.44. The number of hydrogen-bond acceptors (Lipinski definition) is 4. The van der Waals surface area contributed by atoms with Gasteiger partial charge >= 0.3 is 12.1 Å². The van der Waals surface area contributed by atoms with Crippen molar-refractivity contribution in [3.05, 3.63) is 59.7 Å². The summed E-state index contributed by atoms with van der Waals surface area (Å²) in [4.78, 5) is 37.3. The quantitative estimate of drug-likeness (QED) is 0.535. The lowest BCUT2D eigenvalue weighted by atomic mass is 9.71. The Bertz CT molecular complexity index is 1070. The summed E-state index contributed by atoms with van der Waals surface area (Å²) in [7, 11) is 0. The van der Waals surface area contributed by atoms with Gasteiger partial charge in [0.2, 0.25) is 5.91 Å². The van der Waals surface area contributed by atoms with Crippen LogP contribution in [-0.2, 0) is 14.3 Å². The molecule has 2 aliphatic rings. The van der Waals surface area contributed by atoms with Crippen molar-refractivity contribution in [1.29, 1.82) is 0 Å². The summed E-state index contributed by atoms with van der Waals surface area (Å²) >= 11 is 0. The summed E-state index contributed by atoms with van der Waals surface area (Å²) in [5.74, 6) is -1.74. The number of carboxylic acid groups (broad SMARTS) is 1. The lowest BCUT2D eigenvalue weighted by molar-refractivity contribution is -0.152. The maximum absolute atomic E-state index is 12.9. The summed E-state index contributed by atoms with van der Waals surface area (Å²) in [5.41, 5.74) is 3.61. The van der Waals surface area contributed by atoms with Crippen LogP contribution in [0.4, 0.5) is 4.79 Å². The summed E-state index contributed by atoms with van der Waals surface area (Å²) in [6.07, 6.45) is 2.32. The number of carbonyl (C=O) groups is 3. The van der Waals surface area contributed by atoms with Crippen LogP contribution >= 0.6 is 0 Å². The second-order valence-electron chi connectivity index (χ2n) is 10.1. The molecule has 2 aromatic carbocycles. The van der Waals surface area contributed by atoms with E-state index in [-0.39, 0.29) is 18.4 Å². The molecule has 2 aliphatic carbocycles. The topological polar surface area (TPSA) is 105 Å². The lowest BCUT2D eigenvalue weighted by Crippen LogP contribution is -2.55. The fourth-order valence-corrected chi connectivity index (χ4v) is 5.30. The van der Waals surface area contributed by atoms with Crippen molar-refractivity contribution in [2.24, 2.45) is 11.3 Å². The van der Waals surface area contributed by atoms with Crippen LogP contribution in [-0.4, -0.2) is 41.8 Å². The predicted molar refractivity (Wildman–Crippen MR) is 133 cm³/mol. The minimum atomic E-state index is -0.975. The van der Waals surface area contributed by atoms with Gasteiger partial charge in [-0.2, -0.15) is 0 Å². The highest BCUT2D eigenvalue weighted by molar-refractivity contribution is 5.82. The third kappa shape index (κ3) is 4.90. The molecule has 0 aromatic heterocycles. The molecule has 0 saturated heterocycles. The third-order valence-electron chi connectivity index (χ3n) is 7.87. The van der Waals surface area contributed by atoms with Crippen molar-refractivity contribution in [3.63, 3.8) is 0 Å². The lowest BCUT2D eigenvalue weighted by Gasteiger charge is -2.39. The normalized spacial score (nSPS) is 22.9. The molecule has 4 rings (SSSR count). The fourth-order valence-electron chi connectivity index (χ4n) is 5.30. The average molecular weight is 479 g/mol. The number of fused-ring (bicyclic) bond motifs is 3. The predicted octanol–water partition coefficient (Wildman–Crippen LogP) is 4.70. The molecule has 0 bridgehead atoms. The number of rotatable bonds is 7. The maximum Gasteiger partial charge on any atom is 0.407 e. The molecule has 7 heteroatoms. The number of aliphatic carboxylic acids is 1. The molecular formula is C28H34N2O5. The van der Waals surface area contributed by atoms with E-state index < -0.39 is 35.5 Å². The Labute approximate surface area is 206 Å². The van der Waals surface area contributed by atoms with Crippen LogP contribution in [0.15, 0.2) is 48.5 Å². The van der Waals surface area contributed by atoms with Gasteiger partial charge in [-0.05, 0) is 48.9 Å². The average Bonchev–Trinajstić information content (AvgIpc) is 3.17. The highest BCUT2D eigenvalue weighted by atomic mass is 16.5. The Hall–Kier alpha value is -3.35. The van der Waals surface area contributed by atoms with Gasteiger partial charge in [0.15, 0.2) is 0 Å². The Morgan fingerprint density at radius 2 is 1.63 bits per heavy atom. The number of amides is 2. The summed E-state index contributed by atoms with van der Waals surface area (Å²) in [6.45, 7) is 5.38. The summed E-state index contributed by atoms with van der Waals surface area (Å²) < 4.78 is 5.60. The van der Waals surface area contributed by atoms with Crippen LogP contribution < -0.4 is 10.6 Å². The molecular weight excluding hydrogens is 444 g/mol. The minimum Gasteiger partial charge on any atom is -0.481 e. The first-order chi connectivity index (χ1) is 16.7. The second-order valence-corrected chi connectivity index (χ2v) is 10.1. The first-order valence-corrected chi connectivity index (χ1v) is 12.4. The third-order valence-corrected chi connectivity index (χ3v) is 7.87. The Kier molecular flexibility index (Phi) is 7.15. The Morgan fingerprint density at radius 3 is 2.23 bits per heavy atom. The molecule has 2 aromatic rings. The first kappa shape index (κ1) is 24.8. The molecule has 4 unspecified atom stereocenters. The smallest absolute Gasteiger partial charge is 0.407 e. The van der Waals surface area contributed by atoms with Gasteiger partial charge in [-0.15, -0.1) is 0 Å². The fraction of sp³-hybridized carbons (Fsp3) is 0.464. The monoisotopic (exact) mass is 478 g/mol. The van der Waals surface area contributed by atoms with E-state index in [1.807, 2.05) is 24.3 Å². The molecule has 186 valence electrons. The number of ether oxygens (including phenoxy) is 1. The Balaban J connectivity index is 1.33. The molecule has 4 atom stereocenters. The number of carbonyl (C=O) groups excluding carboxylic acids is 2. The molecule has 0 heterocycles. The largest absolute Gasteiger partial charge is 0.481 e. The summed E-state index contributed by atoms with van der Waals surface area (Å²) in [6, 6.07) is 15.4. The van der Waals surface area contributed by atoms with E-state index in [0.29, 0.717) is 12.8 Å². The minimum absolute atomic E-state index is 0.0378. The number of carboxylic acids is 1. The van der Waals surface area contributed by atoms with Crippen LogP contribution in [0.25, 0.3) is 11.1 Å². The van der Waals surface area contributed by atoms with Crippen molar-refractivity contribution < 1.29 is 24.2 Å². The van der Waals surface area contributed by atoms with Gasteiger partial charge in [-0.25, -0.2) is 4.79 Å². The van der Waals surface area contributed by atoms with Crippen molar-refractivity contribution in [1.82, 2.24) is 10.6 Å². The molecule has 2 amide bonds. The number of benzene rings is 2. The van der Waals surface area contributed by atoms with Gasteiger partial charge in [-0.3, -0.25) is 9.59 Å². The molecule has 3 N–H and O–H groups in total. The van der Waals surface area contributed by atoms with E-state index in [4.69, 9.17) is 4.74 Å². The van der Waals surface area contributed by atoms with Crippen LogP contribution in [0, 0.1) is 11.3 Å². The van der Waals surface area contributed by atoms with E-state index in [2.05, 4.69) is 34.9 Å². The van der Waals surface area contributed by atoms with Crippen molar-refractivity contribution >= 4 is 18.0 Å². The van der Waals surface area contributed by atoms with Crippen LogP contribution in [0.2, 0.25) is 0 Å². The SMILES string of the molecule is CC(NC(=O)OCC1c2ccccc2-c2ccccc21)C(C)C(=O)NC1CCCCC1(C)C(=O)O. The highest BCUT2D eigenvalue weighted by Gasteiger charge is 2.44. The zero-order valence-corrected chi connectivity index (χ0v) is 20.5. The van der Waals surface area contributed by atoms with Crippen molar-refractivity contribution in [2.75, 3.05) is 6.61 Å². The second kappa shape index (κ2) is 10.1. The maximum atomic E-state index is 12.9. The molecule has 35 heavy (non-hydrogen) atoms. The summed E-state index contributed by atoms with van der Waals surface area (Å²) in [5, 5.41) is 15.4. The van der Waals surface area contributed by atoms with Crippen molar-refractivity contribution in [2.45, 2.75) is 64.5 Å². The van der Waals surface area contributed by atoms with Gasteiger partial charge in [0, 0.05) is 18.0 Å². The van der Waals surface area contributed by atoms with E-state index in [1.165, 1.54) is 0 Å². The van der Waals surface area contributed by atoms with Gasteiger partial charge in [0.05, 0.1) is 11.3 Å². The van der Waals surface area contributed by atoms with Crippen LogP contribution in [0.1, 0.15) is 63.5 Å². The van der Waals surface area contributed by atoms with Gasteiger partial charge < -0.3 is 20.5 Å².